The quantitative estimate of drug-likeness (QED) is 0.363. The molecule has 3 aromatic carbocycles. The van der Waals surface area contributed by atoms with E-state index in [9.17, 15) is 13.2 Å². The van der Waals surface area contributed by atoms with Crippen molar-refractivity contribution in [1.82, 2.24) is 4.57 Å². The van der Waals surface area contributed by atoms with E-state index in [1.807, 2.05) is 41.1 Å². The second-order valence-corrected chi connectivity index (χ2v) is 9.38. The average molecular weight is 484 g/mol. The summed E-state index contributed by atoms with van der Waals surface area (Å²) >= 11 is 6.09. The summed E-state index contributed by atoms with van der Waals surface area (Å²) in [7, 11) is -2.65. The summed E-state index contributed by atoms with van der Waals surface area (Å²) in [6.45, 7) is 0.495. The molecule has 4 aromatic rings. The van der Waals surface area contributed by atoms with Gasteiger partial charge >= 0.3 is 0 Å². The number of methoxy groups -OCH3 is 1. The van der Waals surface area contributed by atoms with Gasteiger partial charge in [-0.05, 0) is 47.9 Å². The van der Waals surface area contributed by atoms with Crippen LogP contribution in [0.5, 0.6) is 5.75 Å². The number of hydrogen-bond acceptors (Lipinski definition) is 4. The molecule has 0 saturated carbocycles. The molecule has 170 valence electrons. The molecule has 0 bridgehead atoms. The topological polar surface area (TPSA) is 89.4 Å². The van der Waals surface area contributed by atoms with Crippen LogP contribution in [-0.2, 0) is 21.4 Å². The van der Waals surface area contributed by atoms with Crippen LogP contribution >= 0.6 is 11.6 Å². The van der Waals surface area contributed by atoms with E-state index in [1.54, 1.807) is 30.3 Å². The van der Waals surface area contributed by atoms with Crippen LogP contribution in [0.4, 0.5) is 11.4 Å². The third-order valence-corrected chi connectivity index (χ3v) is 6.83. The van der Waals surface area contributed by atoms with Crippen molar-refractivity contribution in [2.24, 2.45) is 0 Å². The third-order valence-electron chi connectivity index (χ3n) is 5.12. The number of sulfonamides is 1. The lowest BCUT2D eigenvalue weighted by molar-refractivity contribution is -0.116. The zero-order chi connectivity index (χ0) is 23.4. The number of carbonyl (C=O) groups excluding carboxylic acids is 1. The molecule has 0 saturated heterocycles. The number of halogens is 1. The summed E-state index contributed by atoms with van der Waals surface area (Å²) in [6.07, 6.45) is 2.17. The van der Waals surface area contributed by atoms with Crippen molar-refractivity contribution in [1.29, 1.82) is 0 Å². The zero-order valence-corrected chi connectivity index (χ0v) is 19.4. The molecule has 0 radical (unpaired) electrons. The van der Waals surface area contributed by atoms with Crippen LogP contribution in [0, 0.1) is 0 Å². The first-order valence-electron chi connectivity index (χ1n) is 10.2. The summed E-state index contributed by atoms with van der Waals surface area (Å²) in [5, 5.41) is 4.14. The molecular formula is C24H22ClN3O4S. The number of nitrogens with zero attached hydrogens (tertiary/aromatic N) is 1. The summed E-state index contributed by atoms with van der Waals surface area (Å²) in [6, 6.07) is 20.9. The van der Waals surface area contributed by atoms with Crippen molar-refractivity contribution in [3.05, 3.63) is 84.0 Å². The molecule has 2 N–H and O–H groups in total. The van der Waals surface area contributed by atoms with Crippen LogP contribution in [0.25, 0.3) is 10.9 Å². The highest BCUT2D eigenvalue weighted by Gasteiger charge is 2.22. The smallest absolute Gasteiger partial charge is 0.265 e. The van der Waals surface area contributed by atoms with E-state index >= 15 is 0 Å². The molecule has 0 aliphatic heterocycles. The van der Waals surface area contributed by atoms with Gasteiger partial charge in [-0.3, -0.25) is 9.52 Å². The molecule has 1 heterocycles. The first-order chi connectivity index (χ1) is 15.9. The predicted molar refractivity (Wildman–Crippen MR) is 130 cm³/mol. The first-order valence-corrected chi connectivity index (χ1v) is 12.0. The van der Waals surface area contributed by atoms with Gasteiger partial charge in [-0.2, -0.15) is 0 Å². The summed E-state index contributed by atoms with van der Waals surface area (Å²) in [5.74, 6) is -0.0910. The summed E-state index contributed by atoms with van der Waals surface area (Å²) < 4.78 is 35.7. The normalized spacial score (nSPS) is 11.3. The lowest BCUT2D eigenvalue weighted by Crippen LogP contribution is -2.17. The van der Waals surface area contributed by atoms with Gasteiger partial charge in [0.25, 0.3) is 10.0 Å². The zero-order valence-electron chi connectivity index (χ0n) is 17.8. The van der Waals surface area contributed by atoms with Gasteiger partial charge in [-0.25, -0.2) is 8.42 Å². The van der Waals surface area contributed by atoms with Crippen LogP contribution in [0.2, 0.25) is 5.02 Å². The molecule has 0 fully saturated rings. The number of amides is 1. The summed E-state index contributed by atoms with van der Waals surface area (Å²) in [4.78, 5) is 12.4. The molecule has 0 atom stereocenters. The molecule has 1 aromatic heterocycles. The molecule has 4 rings (SSSR count). The van der Waals surface area contributed by atoms with Crippen molar-refractivity contribution >= 4 is 49.8 Å². The van der Waals surface area contributed by atoms with Crippen LogP contribution in [0.3, 0.4) is 0 Å². The molecule has 0 aliphatic carbocycles. The van der Waals surface area contributed by atoms with Crippen molar-refractivity contribution in [3.63, 3.8) is 0 Å². The Morgan fingerprint density at radius 2 is 1.79 bits per heavy atom. The Kier molecular flexibility index (Phi) is 6.57. The van der Waals surface area contributed by atoms with Gasteiger partial charge in [0.15, 0.2) is 0 Å². The Bertz CT molecular complexity index is 1420. The van der Waals surface area contributed by atoms with E-state index in [1.165, 1.54) is 19.2 Å². The number of aromatic nitrogens is 1. The lowest BCUT2D eigenvalue weighted by atomic mass is 10.2. The molecule has 0 spiro atoms. The average Bonchev–Trinajstić information content (AvgIpc) is 3.22. The molecule has 0 aliphatic rings. The van der Waals surface area contributed by atoms with E-state index in [2.05, 4.69) is 10.0 Å². The fourth-order valence-corrected chi connectivity index (χ4v) is 5.00. The van der Waals surface area contributed by atoms with Crippen LogP contribution < -0.4 is 14.8 Å². The third kappa shape index (κ3) is 5.13. The molecule has 7 nitrogen and oxygen atoms in total. The Hall–Kier alpha value is -3.49. The van der Waals surface area contributed by atoms with Crippen LogP contribution in [0.1, 0.15) is 6.42 Å². The Balaban J connectivity index is 1.50. The largest absolute Gasteiger partial charge is 0.495 e. The van der Waals surface area contributed by atoms with Crippen molar-refractivity contribution < 1.29 is 17.9 Å². The minimum atomic E-state index is -4.02. The maximum atomic E-state index is 13.0. The van der Waals surface area contributed by atoms with Crippen molar-refractivity contribution in [2.45, 2.75) is 17.9 Å². The molecule has 1 amide bonds. The van der Waals surface area contributed by atoms with E-state index in [0.717, 1.165) is 10.9 Å². The van der Waals surface area contributed by atoms with E-state index in [0.29, 0.717) is 12.2 Å². The monoisotopic (exact) mass is 483 g/mol. The number of aryl methyl sites for hydroxylation is 1. The minimum Gasteiger partial charge on any atom is -0.495 e. The number of fused-ring (bicyclic) bond motifs is 1. The molecular weight excluding hydrogens is 462 g/mol. The molecule has 33 heavy (non-hydrogen) atoms. The Labute approximate surface area is 197 Å². The van der Waals surface area contributed by atoms with Crippen LogP contribution in [-0.4, -0.2) is 26.0 Å². The highest BCUT2D eigenvalue weighted by atomic mass is 35.5. The van der Waals surface area contributed by atoms with Gasteiger partial charge in [0.05, 0.1) is 17.8 Å². The van der Waals surface area contributed by atoms with Gasteiger partial charge < -0.3 is 14.6 Å². The van der Waals surface area contributed by atoms with Crippen molar-refractivity contribution in [2.75, 3.05) is 17.1 Å². The number of rotatable bonds is 8. The number of nitrogens with one attached hydrogen (secondary N) is 2. The number of benzene rings is 3. The Morgan fingerprint density at radius 3 is 2.58 bits per heavy atom. The van der Waals surface area contributed by atoms with Gasteiger partial charge in [-0.1, -0.05) is 41.9 Å². The first kappa shape index (κ1) is 22.7. The highest BCUT2D eigenvalue weighted by Crippen LogP contribution is 2.31. The van der Waals surface area contributed by atoms with E-state index < -0.39 is 10.0 Å². The van der Waals surface area contributed by atoms with Gasteiger partial charge in [0, 0.05) is 30.4 Å². The minimum absolute atomic E-state index is 0.112. The van der Waals surface area contributed by atoms with E-state index in [4.69, 9.17) is 16.3 Å². The van der Waals surface area contributed by atoms with Crippen molar-refractivity contribution in [3.8, 4) is 5.75 Å². The summed E-state index contributed by atoms with van der Waals surface area (Å²) in [5.41, 5.74) is 1.64. The highest BCUT2D eigenvalue weighted by molar-refractivity contribution is 7.92. The fraction of sp³-hybridized carbons (Fsp3) is 0.125. The van der Waals surface area contributed by atoms with Gasteiger partial charge in [-0.15, -0.1) is 0 Å². The number of ether oxygens (including phenoxy) is 1. The molecule has 0 unspecified atom stereocenters. The maximum absolute atomic E-state index is 13.0. The van der Waals surface area contributed by atoms with Crippen LogP contribution in [0.15, 0.2) is 83.9 Å². The standard InChI is InChI=1S/C24H22ClN3O4S/c1-32-22-11-10-18(16-23(22)33(30,31)27-20-8-4-3-7-19(20)25)26-24(29)13-15-28-14-12-17-6-2-5-9-21(17)28/h2-12,14,16,27H,13,15H2,1H3,(H,26,29). The second kappa shape index (κ2) is 9.56. The SMILES string of the molecule is COc1ccc(NC(=O)CCn2ccc3ccccc32)cc1S(=O)(=O)Nc1ccccc1Cl. The fourth-order valence-electron chi connectivity index (χ4n) is 3.49. The second-order valence-electron chi connectivity index (χ2n) is 7.32. The number of carbonyl (C=O) groups is 1. The molecule has 9 heteroatoms. The number of anilines is 2. The number of para-hydroxylation sites is 2. The van der Waals surface area contributed by atoms with E-state index in [-0.39, 0.29) is 33.7 Å². The number of hydrogen-bond donors (Lipinski definition) is 2. The van der Waals surface area contributed by atoms with Gasteiger partial charge in [0.1, 0.15) is 10.6 Å². The lowest BCUT2D eigenvalue weighted by Gasteiger charge is -2.14. The maximum Gasteiger partial charge on any atom is 0.265 e. The predicted octanol–water partition coefficient (Wildman–Crippen LogP) is 5.13. The van der Waals surface area contributed by atoms with Gasteiger partial charge in [0.2, 0.25) is 5.91 Å². The Morgan fingerprint density at radius 1 is 1.03 bits per heavy atom.